The van der Waals surface area contributed by atoms with Gasteiger partial charge in [-0.05, 0) is 68.3 Å². The van der Waals surface area contributed by atoms with E-state index in [1.807, 2.05) is 50.1 Å². The highest BCUT2D eigenvalue weighted by atomic mass is 32.2. The van der Waals surface area contributed by atoms with Gasteiger partial charge in [-0.3, -0.25) is 9.59 Å². The molecule has 208 valence electrons. The van der Waals surface area contributed by atoms with Crippen molar-refractivity contribution in [1.29, 1.82) is 0 Å². The Kier molecular flexibility index (Phi) is 6.64. The molecule has 40 heavy (non-hydrogen) atoms. The first-order valence-corrected chi connectivity index (χ1v) is 15.0. The van der Waals surface area contributed by atoms with Gasteiger partial charge in [0.25, 0.3) is 11.8 Å². The number of carbonyl (C=O) groups excluding carboxylic acids is 2. The SMILES string of the molecule is Cc1[nH]c(C=C2C(=O)Nc3ccc(S(=O)(=O)N4CCc5ccccc5C4)cc32)c(C)c1C(=O)N1CCN(C)CC1. The minimum atomic E-state index is -3.77. The Hall–Kier alpha value is -3.73. The molecule has 0 aliphatic carbocycles. The molecule has 0 atom stereocenters. The molecule has 0 bridgehead atoms. The lowest BCUT2D eigenvalue weighted by Gasteiger charge is -2.32. The van der Waals surface area contributed by atoms with Crippen LogP contribution < -0.4 is 5.32 Å². The maximum atomic E-state index is 13.6. The van der Waals surface area contributed by atoms with Crippen molar-refractivity contribution >= 4 is 39.2 Å². The van der Waals surface area contributed by atoms with Gasteiger partial charge in [0.2, 0.25) is 10.0 Å². The Bertz CT molecular complexity index is 1660. The summed E-state index contributed by atoms with van der Waals surface area (Å²) in [7, 11) is -1.73. The van der Waals surface area contributed by atoms with Gasteiger partial charge in [-0.15, -0.1) is 0 Å². The number of aryl methyl sites for hydroxylation is 1. The second kappa shape index (κ2) is 10.0. The van der Waals surface area contributed by atoms with Gasteiger partial charge in [0.15, 0.2) is 0 Å². The summed E-state index contributed by atoms with van der Waals surface area (Å²) < 4.78 is 28.8. The molecule has 10 heteroatoms. The molecule has 2 aromatic carbocycles. The van der Waals surface area contributed by atoms with E-state index in [1.54, 1.807) is 24.3 Å². The fourth-order valence-corrected chi connectivity index (χ4v) is 7.29. The number of rotatable bonds is 4. The average molecular weight is 560 g/mol. The molecule has 3 aromatic rings. The molecule has 2 amide bonds. The van der Waals surface area contributed by atoms with E-state index in [-0.39, 0.29) is 16.7 Å². The van der Waals surface area contributed by atoms with Gasteiger partial charge >= 0.3 is 0 Å². The molecule has 1 saturated heterocycles. The lowest BCUT2D eigenvalue weighted by atomic mass is 10.0. The van der Waals surface area contributed by atoms with E-state index in [4.69, 9.17) is 0 Å². The van der Waals surface area contributed by atoms with E-state index >= 15 is 0 Å². The van der Waals surface area contributed by atoms with E-state index in [0.29, 0.717) is 60.7 Å². The molecule has 0 saturated carbocycles. The Morgan fingerprint density at radius 2 is 1.70 bits per heavy atom. The van der Waals surface area contributed by atoms with Gasteiger partial charge in [-0.25, -0.2) is 8.42 Å². The number of anilines is 1. The number of fused-ring (bicyclic) bond motifs is 2. The van der Waals surface area contributed by atoms with Gasteiger partial charge in [0.05, 0.1) is 16.0 Å². The second-order valence-corrected chi connectivity index (χ2v) is 12.8. The number of carbonyl (C=O) groups is 2. The van der Waals surface area contributed by atoms with Crippen molar-refractivity contribution in [2.45, 2.75) is 31.7 Å². The van der Waals surface area contributed by atoms with Crippen molar-refractivity contribution in [2.75, 3.05) is 45.1 Å². The summed E-state index contributed by atoms with van der Waals surface area (Å²) in [5, 5.41) is 2.85. The Morgan fingerprint density at radius 3 is 2.45 bits per heavy atom. The number of likely N-dealkylation sites (N-methyl/N-ethyl adjacent to an activating group) is 1. The van der Waals surface area contributed by atoms with Crippen molar-refractivity contribution in [3.8, 4) is 0 Å². The molecule has 1 aromatic heterocycles. The minimum absolute atomic E-state index is 0.0169. The molecule has 0 spiro atoms. The average Bonchev–Trinajstić information content (AvgIpc) is 3.41. The minimum Gasteiger partial charge on any atom is -0.358 e. The number of hydrogen-bond donors (Lipinski definition) is 2. The summed E-state index contributed by atoms with van der Waals surface area (Å²) in [6, 6.07) is 12.7. The number of sulfonamides is 1. The lowest BCUT2D eigenvalue weighted by molar-refractivity contribution is -0.110. The highest BCUT2D eigenvalue weighted by Crippen LogP contribution is 2.37. The summed E-state index contributed by atoms with van der Waals surface area (Å²) in [5.74, 6) is -0.327. The zero-order chi connectivity index (χ0) is 28.2. The molecule has 3 aliphatic heterocycles. The molecule has 2 N–H and O–H groups in total. The number of hydrogen-bond acceptors (Lipinski definition) is 5. The van der Waals surface area contributed by atoms with Crippen LogP contribution in [0.15, 0.2) is 47.4 Å². The summed E-state index contributed by atoms with van der Waals surface area (Å²) >= 11 is 0. The van der Waals surface area contributed by atoms with E-state index in [2.05, 4.69) is 15.2 Å². The predicted octanol–water partition coefficient (Wildman–Crippen LogP) is 3.26. The number of amides is 2. The van der Waals surface area contributed by atoms with Crippen LogP contribution in [0.1, 0.15) is 44.0 Å². The monoisotopic (exact) mass is 559 g/mol. The fourth-order valence-electron chi connectivity index (χ4n) is 5.85. The number of nitrogens with one attached hydrogen (secondary N) is 2. The van der Waals surface area contributed by atoms with Gasteiger partial charge in [-0.1, -0.05) is 24.3 Å². The van der Waals surface area contributed by atoms with Crippen LogP contribution in [0.5, 0.6) is 0 Å². The first-order chi connectivity index (χ1) is 19.1. The third-order valence-electron chi connectivity index (χ3n) is 8.28. The molecule has 0 radical (unpaired) electrons. The van der Waals surface area contributed by atoms with Crippen molar-refractivity contribution in [1.82, 2.24) is 19.1 Å². The smallest absolute Gasteiger partial charge is 0.256 e. The van der Waals surface area contributed by atoms with E-state index < -0.39 is 10.0 Å². The summed E-state index contributed by atoms with van der Waals surface area (Å²) in [5.41, 5.74) is 6.43. The second-order valence-electron chi connectivity index (χ2n) is 10.8. The topological polar surface area (TPSA) is 106 Å². The van der Waals surface area contributed by atoms with Gasteiger partial charge in [-0.2, -0.15) is 4.31 Å². The molecule has 4 heterocycles. The number of benzene rings is 2. The van der Waals surface area contributed by atoms with Crippen LogP contribution in [0.25, 0.3) is 11.6 Å². The quantitative estimate of drug-likeness (QED) is 0.478. The van der Waals surface area contributed by atoms with Gasteiger partial charge < -0.3 is 20.1 Å². The first kappa shape index (κ1) is 26.5. The van der Waals surface area contributed by atoms with Crippen LogP contribution in [-0.2, 0) is 27.8 Å². The maximum absolute atomic E-state index is 13.6. The molecule has 9 nitrogen and oxygen atoms in total. The van der Waals surface area contributed by atoms with Crippen molar-refractivity contribution in [2.24, 2.45) is 0 Å². The van der Waals surface area contributed by atoms with E-state index in [9.17, 15) is 18.0 Å². The third-order valence-corrected chi connectivity index (χ3v) is 10.1. The Balaban J connectivity index is 1.31. The van der Waals surface area contributed by atoms with E-state index in [0.717, 1.165) is 29.9 Å². The number of aromatic amines is 1. The lowest BCUT2D eigenvalue weighted by Crippen LogP contribution is -2.47. The summed E-state index contributed by atoms with van der Waals surface area (Å²) in [6.07, 6.45) is 2.38. The van der Waals surface area contributed by atoms with Crippen molar-refractivity contribution < 1.29 is 18.0 Å². The third kappa shape index (κ3) is 4.55. The largest absolute Gasteiger partial charge is 0.358 e. The van der Waals surface area contributed by atoms with Crippen LogP contribution in [-0.4, -0.2) is 79.1 Å². The van der Waals surface area contributed by atoms with Crippen LogP contribution in [0.2, 0.25) is 0 Å². The summed E-state index contributed by atoms with van der Waals surface area (Å²) in [6.45, 7) is 7.47. The maximum Gasteiger partial charge on any atom is 0.256 e. The highest BCUT2D eigenvalue weighted by molar-refractivity contribution is 7.89. The zero-order valence-electron chi connectivity index (χ0n) is 23.0. The molecule has 6 rings (SSSR count). The number of aromatic nitrogens is 1. The van der Waals surface area contributed by atoms with Crippen LogP contribution >= 0.6 is 0 Å². The standard InChI is InChI=1S/C30H33N5O4S/c1-19-27(31-20(2)28(19)30(37)34-14-12-33(3)13-15-34)17-25-24-16-23(8-9-26(24)32-29(25)36)40(38,39)35-11-10-21-6-4-5-7-22(21)18-35/h4-9,16-17,31H,10-15,18H2,1-3H3,(H,32,36). The van der Waals surface area contributed by atoms with E-state index in [1.165, 1.54) is 9.87 Å². The molecule has 1 fully saturated rings. The number of nitrogens with zero attached hydrogens (tertiary/aromatic N) is 3. The molecule has 0 unspecified atom stereocenters. The fraction of sp³-hybridized carbons (Fsp3) is 0.333. The van der Waals surface area contributed by atoms with Crippen LogP contribution in [0.3, 0.4) is 0 Å². The van der Waals surface area contributed by atoms with Crippen LogP contribution in [0, 0.1) is 13.8 Å². The number of piperazine rings is 1. The Morgan fingerprint density at radius 1 is 0.975 bits per heavy atom. The molecular formula is C30H33N5O4S. The molecular weight excluding hydrogens is 526 g/mol. The normalized spacial score (nSPS) is 19.0. The van der Waals surface area contributed by atoms with Crippen molar-refractivity contribution in [3.63, 3.8) is 0 Å². The van der Waals surface area contributed by atoms with Crippen molar-refractivity contribution in [3.05, 3.63) is 81.7 Å². The molecule has 3 aliphatic rings. The van der Waals surface area contributed by atoms with Gasteiger partial charge in [0.1, 0.15) is 0 Å². The van der Waals surface area contributed by atoms with Crippen LogP contribution in [0.4, 0.5) is 5.69 Å². The Labute approximate surface area is 234 Å². The number of H-pyrrole nitrogens is 1. The zero-order valence-corrected chi connectivity index (χ0v) is 23.8. The predicted molar refractivity (Wildman–Crippen MR) is 154 cm³/mol. The highest BCUT2D eigenvalue weighted by Gasteiger charge is 2.32. The van der Waals surface area contributed by atoms with Gasteiger partial charge in [0, 0.05) is 61.9 Å². The summed E-state index contributed by atoms with van der Waals surface area (Å²) in [4.78, 5) is 33.9. The first-order valence-electron chi connectivity index (χ1n) is 13.5.